The van der Waals surface area contributed by atoms with Gasteiger partial charge in [-0.05, 0) is 37.5 Å². The summed E-state index contributed by atoms with van der Waals surface area (Å²) in [7, 11) is 1.69. The van der Waals surface area contributed by atoms with E-state index in [1.54, 1.807) is 14.0 Å². The number of aryl methyl sites for hydroxylation is 2. The maximum atomic E-state index is 12.2. The average molecular weight is 385 g/mol. The molecule has 6 nitrogen and oxygen atoms in total. The first kappa shape index (κ1) is 19.3. The van der Waals surface area contributed by atoms with Gasteiger partial charge in [0.2, 0.25) is 0 Å². The second-order valence-corrected chi connectivity index (χ2v) is 7.13. The molecule has 0 saturated carbocycles. The lowest BCUT2D eigenvalue weighted by Crippen LogP contribution is -2.07. The number of benzene rings is 1. The number of anilines is 1. The van der Waals surface area contributed by atoms with Crippen molar-refractivity contribution in [3.8, 4) is 0 Å². The summed E-state index contributed by atoms with van der Waals surface area (Å²) in [5.74, 6) is 1.08. The lowest BCUT2D eigenvalue weighted by molar-refractivity contribution is 0.0531. The number of hydrogen-bond acceptors (Lipinski definition) is 7. The van der Waals surface area contributed by atoms with Gasteiger partial charge in [-0.15, -0.1) is 11.3 Å². The van der Waals surface area contributed by atoms with E-state index >= 15 is 0 Å². The Bertz CT molecular complexity index is 969. The van der Waals surface area contributed by atoms with Gasteiger partial charge >= 0.3 is 5.97 Å². The third-order valence-electron chi connectivity index (χ3n) is 4.23. The molecule has 0 unspecified atom stereocenters. The first-order valence-corrected chi connectivity index (χ1v) is 9.61. The highest BCUT2D eigenvalue weighted by atomic mass is 32.1. The molecule has 142 valence electrons. The number of aromatic nitrogens is 2. The fourth-order valence-corrected chi connectivity index (χ4v) is 4.09. The summed E-state index contributed by atoms with van der Waals surface area (Å²) in [4.78, 5) is 22.7. The minimum Gasteiger partial charge on any atom is -0.462 e. The fourth-order valence-electron chi connectivity index (χ4n) is 2.97. The molecule has 0 bridgehead atoms. The van der Waals surface area contributed by atoms with Crippen molar-refractivity contribution in [3.63, 3.8) is 0 Å². The number of thiophene rings is 1. The van der Waals surface area contributed by atoms with E-state index in [0.717, 1.165) is 32.7 Å². The summed E-state index contributed by atoms with van der Waals surface area (Å²) in [6, 6.07) is 8.12. The van der Waals surface area contributed by atoms with Crippen LogP contribution in [0.15, 0.2) is 24.3 Å². The van der Waals surface area contributed by atoms with Gasteiger partial charge in [0, 0.05) is 13.7 Å². The van der Waals surface area contributed by atoms with Crippen LogP contribution in [0.2, 0.25) is 0 Å². The number of methoxy groups -OCH3 is 1. The zero-order valence-electron chi connectivity index (χ0n) is 16.0. The van der Waals surface area contributed by atoms with Crippen molar-refractivity contribution in [2.75, 3.05) is 19.0 Å². The van der Waals surface area contributed by atoms with Gasteiger partial charge in [-0.25, -0.2) is 14.8 Å². The molecule has 27 heavy (non-hydrogen) atoms. The molecule has 0 atom stereocenters. The van der Waals surface area contributed by atoms with Crippen molar-refractivity contribution in [2.24, 2.45) is 0 Å². The van der Waals surface area contributed by atoms with Crippen LogP contribution in [0.1, 0.15) is 39.1 Å². The molecule has 0 aliphatic rings. The molecule has 0 spiro atoms. The predicted octanol–water partition coefficient (Wildman–Crippen LogP) is 4.24. The standard InChI is InChI=1S/C20H23N3O3S/c1-5-26-20(24)17-12(2)16-18(22-13(3)23-19(16)27-17)21-10-14-8-6-7-9-15(14)11-25-4/h6-9H,5,10-11H2,1-4H3,(H,21,22,23). The zero-order valence-corrected chi connectivity index (χ0v) is 16.8. The number of esters is 1. The monoisotopic (exact) mass is 385 g/mol. The Kier molecular flexibility index (Phi) is 6.03. The highest BCUT2D eigenvalue weighted by molar-refractivity contribution is 7.20. The largest absolute Gasteiger partial charge is 0.462 e. The molecule has 0 aliphatic heterocycles. The van der Waals surface area contributed by atoms with Crippen molar-refractivity contribution >= 4 is 33.3 Å². The van der Waals surface area contributed by atoms with E-state index in [1.165, 1.54) is 11.3 Å². The Morgan fingerprint density at radius 1 is 1.19 bits per heavy atom. The number of hydrogen-bond donors (Lipinski definition) is 1. The summed E-state index contributed by atoms with van der Waals surface area (Å²) in [5, 5.41) is 4.29. The highest BCUT2D eigenvalue weighted by Crippen LogP contribution is 2.34. The zero-order chi connectivity index (χ0) is 19.4. The quantitative estimate of drug-likeness (QED) is 0.613. The normalized spacial score (nSPS) is 11.0. The van der Waals surface area contributed by atoms with Gasteiger partial charge < -0.3 is 14.8 Å². The average Bonchev–Trinajstić information content (AvgIpc) is 2.98. The Morgan fingerprint density at radius 2 is 1.93 bits per heavy atom. The molecule has 1 N–H and O–H groups in total. The summed E-state index contributed by atoms with van der Waals surface area (Å²) >= 11 is 1.35. The summed E-state index contributed by atoms with van der Waals surface area (Å²) in [6.45, 7) is 7.07. The van der Waals surface area contributed by atoms with Crippen molar-refractivity contribution in [3.05, 3.63) is 51.7 Å². The third-order valence-corrected chi connectivity index (χ3v) is 5.39. The summed E-state index contributed by atoms with van der Waals surface area (Å²) < 4.78 is 10.4. The Hall–Kier alpha value is -2.51. The van der Waals surface area contributed by atoms with Gasteiger partial charge in [-0.3, -0.25) is 0 Å². The molecule has 7 heteroatoms. The summed E-state index contributed by atoms with van der Waals surface area (Å²) in [6.07, 6.45) is 0. The second-order valence-electron chi connectivity index (χ2n) is 6.13. The number of carbonyl (C=O) groups is 1. The molecule has 2 aromatic heterocycles. The van der Waals surface area contributed by atoms with Crippen LogP contribution < -0.4 is 5.32 Å². The molecule has 0 aliphatic carbocycles. The van der Waals surface area contributed by atoms with Crippen LogP contribution >= 0.6 is 11.3 Å². The summed E-state index contributed by atoms with van der Waals surface area (Å²) in [5.41, 5.74) is 3.12. The van der Waals surface area contributed by atoms with Gasteiger partial charge in [0.1, 0.15) is 21.3 Å². The van der Waals surface area contributed by atoms with E-state index in [4.69, 9.17) is 9.47 Å². The van der Waals surface area contributed by atoms with Crippen LogP contribution in [0.5, 0.6) is 0 Å². The first-order chi connectivity index (χ1) is 13.0. The maximum absolute atomic E-state index is 12.2. The van der Waals surface area contributed by atoms with Crippen molar-refractivity contribution < 1.29 is 14.3 Å². The third kappa shape index (κ3) is 4.09. The molecule has 0 saturated heterocycles. The fraction of sp³-hybridized carbons (Fsp3) is 0.350. The minimum atomic E-state index is -0.313. The number of nitrogens with zero attached hydrogens (tertiary/aromatic N) is 2. The van der Waals surface area contributed by atoms with Crippen LogP contribution in [0, 0.1) is 13.8 Å². The number of carbonyl (C=O) groups excluding carboxylic acids is 1. The van der Waals surface area contributed by atoms with Gasteiger partial charge in [-0.2, -0.15) is 0 Å². The Labute approximate surface area is 162 Å². The molecule has 3 rings (SSSR count). The second kappa shape index (κ2) is 8.45. The van der Waals surface area contributed by atoms with E-state index < -0.39 is 0 Å². The number of nitrogens with one attached hydrogen (secondary N) is 1. The van der Waals surface area contributed by atoms with Crippen LogP contribution in [0.3, 0.4) is 0 Å². The van der Waals surface area contributed by atoms with E-state index in [1.807, 2.05) is 26.0 Å². The Morgan fingerprint density at radius 3 is 2.63 bits per heavy atom. The Balaban J connectivity index is 1.96. The lowest BCUT2D eigenvalue weighted by Gasteiger charge is -2.12. The van der Waals surface area contributed by atoms with E-state index in [0.29, 0.717) is 30.5 Å². The molecule has 0 radical (unpaired) electrons. The van der Waals surface area contributed by atoms with Gasteiger partial charge in [-0.1, -0.05) is 24.3 Å². The van der Waals surface area contributed by atoms with Gasteiger partial charge in [0.15, 0.2) is 0 Å². The van der Waals surface area contributed by atoms with Crippen LogP contribution in [-0.2, 0) is 22.6 Å². The molecule has 0 fully saturated rings. The maximum Gasteiger partial charge on any atom is 0.348 e. The molecular formula is C20H23N3O3S. The SMILES string of the molecule is CCOC(=O)c1sc2nc(C)nc(NCc3ccccc3COC)c2c1C. The number of ether oxygens (including phenoxy) is 2. The van der Waals surface area contributed by atoms with E-state index in [9.17, 15) is 4.79 Å². The molecule has 3 aromatic rings. The van der Waals surface area contributed by atoms with Crippen LogP contribution in [0.25, 0.3) is 10.2 Å². The smallest absolute Gasteiger partial charge is 0.348 e. The van der Waals surface area contributed by atoms with Gasteiger partial charge in [0.05, 0.1) is 18.6 Å². The predicted molar refractivity (Wildman–Crippen MR) is 107 cm³/mol. The number of rotatable bonds is 7. The van der Waals surface area contributed by atoms with Crippen molar-refractivity contribution in [1.29, 1.82) is 0 Å². The minimum absolute atomic E-state index is 0.313. The first-order valence-electron chi connectivity index (χ1n) is 8.79. The number of fused-ring (bicyclic) bond motifs is 1. The van der Waals surface area contributed by atoms with Gasteiger partial charge in [0.25, 0.3) is 0 Å². The molecular weight excluding hydrogens is 362 g/mol. The lowest BCUT2D eigenvalue weighted by atomic mass is 10.1. The molecule has 2 heterocycles. The topological polar surface area (TPSA) is 73.3 Å². The van der Waals surface area contributed by atoms with Crippen LogP contribution in [0.4, 0.5) is 5.82 Å². The van der Waals surface area contributed by atoms with Crippen molar-refractivity contribution in [1.82, 2.24) is 9.97 Å². The molecule has 1 aromatic carbocycles. The molecule has 0 amide bonds. The van der Waals surface area contributed by atoms with Crippen LogP contribution in [-0.4, -0.2) is 29.7 Å². The van der Waals surface area contributed by atoms with E-state index in [2.05, 4.69) is 27.4 Å². The van der Waals surface area contributed by atoms with Crippen molar-refractivity contribution in [2.45, 2.75) is 33.9 Å². The van der Waals surface area contributed by atoms with E-state index in [-0.39, 0.29) is 5.97 Å². The highest BCUT2D eigenvalue weighted by Gasteiger charge is 2.21.